The zero-order valence-corrected chi connectivity index (χ0v) is 11.1. The fraction of sp³-hybridized carbons (Fsp3) is 0.571. The third-order valence-electron chi connectivity index (χ3n) is 4.11. The van der Waals surface area contributed by atoms with Gasteiger partial charge in [-0.2, -0.15) is 0 Å². The molecule has 1 nitrogen and oxygen atoms in total. The average molecular weight is 256 g/mol. The minimum absolute atomic E-state index is 0.100. The lowest BCUT2D eigenvalue weighted by molar-refractivity contribution is 0.265. The summed E-state index contributed by atoms with van der Waals surface area (Å²) in [6.45, 7) is 3.96. The molecule has 0 bridgehead atoms. The van der Waals surface area contributed by atoms with Crippen molar-refractivity contribution in [2.45, 2.75) is 45.6 Å². The topological polar surface area (TPSA) is 26.0 Å². The number of hydrogen-bond donors (Lipinski definition) is 1. The summed E-state index contributed by atoms with van der Waals surface area (Å²) in [5.74, 6) is -0.262. The second-order valence-electron chi connectivity index (χ2n) is 5.46. The molecule has 0 saturated heterocycles. The molecule has 0 radical (unpaired) electrons. The summed E-state index contributed by atoms with van der Waals surface area (Å²) < 4.78 is 13.4. The van der Waals surface area contributed by atoms with Crippen LogP contribution in [0.25, 0.3) is 0 Å². The van der Waals surface area contributed by atoms with E-state index in [1.807, 2.05) is 0 Å². The lowest BCUT2D eigenvalue weighted by atomic mass is 9.77. The van der Waals surface area contributed by atoms with Crippen molar-refractivity contribution >= 4 is 11.6 Å². The van der Waals surface area contributed by atoms with Crippen molar-refractivity contribution in [2.24, 2.45) is 11.1 Å². The standard InChI is InChI=1S/C14H19ClFN/c1-9-7-10(11(15)8-12(9)16)13(17)14(2)5-3-4-6-14/h7-8,13H,3-6,17H2,1-2H3. The van der Waals surface area contributed by atoms with Crippen molar-refractivity contribution in [3.8, 4) is 0 Å². The Balaban J connectivity index is 2.36. The number of hydrogen-bond acceptors (Lipinski definition) is 1. The van der Waals surface area contributed by atoms with Crippen molar-refractivity contribution in [1.29, 1.82) is 0 Å². The Hall–Kier alpha value is -0.600. The van der Waals surface area contributed by atoms with Gasteiger partial charge in [-0.1, -0.05) is 37.4 Å². The predicted molar refractivity (Wildman–Crippen MR) is 69.7 cm³/mol. The monoisotopic (exact) mass is 255 g/mol. The molecule has 1 saturated carbocycles. The van der Waals surface area contributed by atoms with Gasteiger partial charge in [-0.05, 0) is 42.4 Å². The molecule has 1 aromatic rings. The maximum absolute atomic E-state index is 13.4. The fourth-order valence-corrected chi connectivity index (χ4v) is 3.05. The molecule has 94 valence electrons. The Bertz CT molecular complexity index is 424. The molecule has 1 aliphatic rings. The van der Waals surface area contributed by atoms with Crippen molar-refractivity contribution in [1.82, 2.24) is 0 Å². The van der Waals surface area contributed by atoms with E-state index in [-0.39, 0.29) is 17.3 Å². The molecule has 3 heteroatoms. The highest BCUT2D eigenvalue weighted by molar-refractivity contribution is 6.31. The number of halogens is 2. The largest absolute Gasteiger partial charge is 0.323 e. The molecule has 0 spiro atoms. The first kappa shape index (κ1) is 12.8. The third kappa shape index (κ3) is 2.34. The SMILES string of the molecule is Cc1cc(C(N)C2(C)CCCC2)c(Cl)cc1F. The lowest BCUT2D eigenvalue weighted by Crippen LogP contribution is -2.29. The van der Waals surface area contributed by atoms with Gasteiger partial charge in [-0.15, -0.1) is 0 Å². The molecule has 17 heavy (non-hydrogen) atoms. The predicted octanol–water partition coefficient (Wildman–Crippen LogP) is 4.37. The van der Waals surface area contributed by atoms with Gasteiger partial charge in [0.15, 0.2) is 0 Å². The van der Waals surface area contributed by atoms with Gasteiger partial charge in [0.2, 0.25) is 0 Å². The van der Waals surface area contributed by atoms with Gasteiger partial charge in [0.25, 0.3) is 0 Å². The Labute approximate surface area is 107 Å². The molecule has 0 aliphatic heterocycles. The molecule has 0 aromatic heterocycles. The zero-order valence-electron chi connectivity index (χ0n) is 10.4. The van der Waals surface area contributed by atoms with Gasteiger partial charge in [-0.3, -0.25) is 0 Å². The van der Waals surface area contributed by atoms with Crippen LogP contribution in [0.4, 0.5) is 4.39 Å². The molecule has 1 aromatic carbocycles. The van der Waals surface area contributed by atoms with Crippen molar-refractivity contribution in [2.75, 3.05) is 0 Å². The third-order valence-corrected chi connectivity index (χ3v) is 4.44. The maximum atomic E-state index is 13.4. The van der Waals surface area contributed by atoms with E-state index in [9.17, 15) is 4.39 Å². The van der Waals surface area contributed by atoms with Gasteiger partial charge in [0.1, 0.15) is 5.82 Å². The summed E-state index contributed by atoms with van der Waals surface area (Å²) in [6.07, 6.45) is 4.70. The minimum Gasteiger partial charge on any atom is -0.323 e. The Kier molecular flexibility index (Phi) is 3.46. The van der Waals surface area contributed by atoms with E-state index in [0.29, 0.717) is 10.6 Å². The van der Waals surface area contributed by atoms with Crippen LogP contribution in [0.5, 0.6) is 0 Å². The first-order valence-electron chi connectivity index (χ1n) is 6.15. The van der Waals surface area contributed by atoms with Crippen LogP contribution in [0.1, 0.15) is 49.8 Å². The fourth-order valence-electron chi connectivity index (χ4n) is 2.79. The Morgan fingerprint density at radius 2 is 1.94 bits per heavy atom. The molecule has 1 aliphatic carbocycles. The van der Waals surface area contributed by atoms with Crippen LogP contribution in [0, 0.1) is 18.2 Å². The van der Waals surface area contributed by atoms with E-state index >= 15 is 0 Å². The number of benzene rings is 1. The first-order valence-corrected chi connectivity index (χ1v) is 6.53. The van der Waals surface area contributed by atoms with Gasteiger partial charge in [-0.25, -0.2) is 4.39 Å². The maximum Gasteiger partial charge on any atom is 0.127 e. The molecule has 1 fully saturated rings. The number of nitrogens with two attached hydrogens (primary N) is 1. The summed E-state index contributed by atoms with van der Waals surface area (Å²) >= 11 is 6.12. The highest BCUT2D eigenvalue weighted by atomic mass is 35.5. The molecule has 0 heterocycles. The van der Waals surface area contributed by atoms with Gasteiger partial charge in [0.05, 0.1) is 0 Å². The molecular weight excluding hydrogens is 237 g/mol. The Morgan fingerprint density at radius 1 is 1.35 bits per heavy atom. The lowest BCUT2D eigenvalue weighted by Gasteiger charge is -2.32. The van der Waals surface area contributed by atoms with Crippen LogP contribution in [0.3, 0.4) is 0 Å². The van der Waals surface area contributed by atoms with E-state index in [4.69, 9.17) is 17.3 Å². The van der Waals surface area contributed by atoms with Gasteiger partial charge < -0.3 is 5.73 Å². The van der Waals surface area contributed by atoms with Crippen molar-refractivity contribution in [3.05, 3.63) is 34.1 Å². The average Bonchev–Trinajstić information content (AvgIpc) is 2.71. The van der Waals surface area contributed by atoms with Crippen LogP contribution >= 0.6 is 11.6 Å². The molecule has 0 amide bonds. The molecular formula is C14H19ClFN. The summed E-state index contributed by atoms with van der Waals surface area (Å²) in [4.78, 5) is 0. The highest BCUT2D eigenvalue weighted by Crippen LogP contribution is 2.47. The summed E-state index contributed by atoms with van der Waals surface area (Å²) in [7, 11) is 0. The molecule has 1 unspecified atom stereocenters. The molecule has 2 rings (SSSR count). The van der Waals surface area contributed by atoms with Crippen LogP contribution in [0.15, 0.2) is 12.1 Å². The van der Waals surface area contributed by atoms with Crippen LogP contribution < -0.4 is 5.73 Å². The quantitative estimate of drug-likeness (QED) is 0.835. The van der Waals surface area contributed by atoms with Crippen LogP contribution in [-0.2, 0) is 0 Å². The van der Waals surface area contributed by atoms with E-state index in [2.05, 4.69) is 6.92 Å². The summed E-state index contributed by atoms with van der Waals surface area (Å²) in [5, 5.41) is 0.453. The minimum atomic E-state index is -0.262. The second-order valence-corrected chi connectivity index (χ2v) is 5.87. The van der Waals surface area contributed by atoms with Gasteiger partial charge in [0, 0.05) is 11.1 Å². The number of aryl methyl sites for hydroxylation is 1. The van der Waals surface area contributed by atoms with E-state index < -0.39 is 0 Å². The second kappa shape index (κ2) is 4.58. The van der Waals surface area contributed by atoms with Crippen LogP contribution in [0.2, 0.25) is 5.02 Å². The normalized spacial score (nSPS) is 20.5. The summed E-state index contributed by atoms with van der Waals surface area (Å²) in [5.41, 5.74) is 7.95. The first-order chi connectivity index (χ1) is 7.94. The zero-order chi connectivity index (χ0) is 12.6. The van der Waals surface area contributed by atoms with Crippen molar-refractivity contribution in [3.63, 3.8) is 0 Å². The van der Waals surface area contributed by atoms with E-state index in [1.165, 1.54) is 18.9 Å². The van der Waals surface area contributed by atoms with Crippen molar-refractivity contribution < 1.29 is 4.39 Å². The smallest absolute Gasteiger partial charge is 0.127 e. The van der Waals surface area contributed by atoms with Crippen LogP contribution in [-0.4, -0.2) is 0 Å². The molecule has 1 atom stereocenters. The Morgan fingerprint density at radius 3 is 2.53 bits per heavy atom. The molecule has 2 N–H and O–H groups in total. The van der Waals surface area contributed by atoms with Gasteiger partial charge >= 0.3 is 0 Å². The van der Waals surface area contributed by atoms with E-state index in [1.54, 1.807) is 13.0 Å². The summed E-state index contributed by atoms with van der Waals surface area (Å²) in [6, 6.07) is 3.08. The highest BCUT2D eigenvalue weighted by Gasteiger charge is 2.36. The van der Waals surface area contributed by atoms with E-state index in [0.717, 1.165) is 18.4 Å². The number of rotatable bonds is 2.